The van der Waals surface area contributed by atoms with Crippen LogP contribution < -0.4 is 0 Å². The van der Waals surface area contributed by atoms with E-state index < -0.39 is 11.9 Å². The molecular formula is C17H22ClNO5. The molecule has 1 fully saturated rings. The van der Waals surface area contributed by atoms with Crippen LogP contribution in [0.1, 0.15) is 18.4 Å². The van der Waals surface area contributed by atoms with Gasteiger partial charge in [-0.3, -0.25) is 9.59 Å². The summed E-state index contributed by atoms with van der Waals surface area (Å²) in [6.07, 6.45) is 0. The fraction of sp³-hybridized carbons (Fsp3) is 0.529. The molecule has 0 bridgehead atoms. The van der Waals surface area contributed by atoms with Crippen molar-refractivity contribution in [1.29, 1.82) is 0 Å². The lowest BCUT2D eigenvalue weighted by atomic mass is 9.89. The molecular weight excluding hydrogens is 334 g/mol. The minimum atomic E-state index is -0.900. The van der Waals surface area contributed by atoms with Crippen molar-refractivity contribution >= 4 is 23.5 Å². The van der Waals surface area contributed by atoms with E-state index in [9.17, 15) is 14.7 Å². The zero-order valence-electron chi connectivity index (χ0n) is 13.6. The predicted octanol–water partition coefficient (Wildman–Crippen LogP) is 2.02. The van der Waals surface area contributed by atoms with E-state index in [2.05, 4.69) is 0 Å². The normalized spacial score (nSPS) is 20.3. The summed E-state index contributed by atoms with van der Waals surface area (Å²) in [6.45, 7) is 3.77. The number of carboxylic acid groups (broad SMARTS) is 1. The van der Waals surface area contributed by atoms with Gasteiger partial charge in [-0.05, 0) is 24.6 Å². The number of hydrogen-bond donors (Lipinski definition) is 1. The molecule has 1 aliphatic heterocycles. The average molecular weight is 356 g/mol. The molecule has 1 N–H and O–H groups in total. The Morgan fingerprint density at radius 1 is 1.21 bits per heavy atom. The summed E-state index contributed by atoms with van der Waals surface area (Å²) in [5, 5.41) is 10.1. The van der Waals surface area contributed by atoms with Gasteiger partial charge in [-0.2, -0.15) is 0 Å². The Morgan fingerprint density at radius 2 is 1.88 bits per heavy atom. The Hall–Kier alpha value is -1.63. The number of benzene rings is 1. The number of ether oxygens (including phenoxy) is 2. The van der Waals surface area contributed by atoms with Crippen LogP contribution >= 0.6 is 11.6 Å². The molecule has 2 rings (SSSR count). The van der Waals surface area contributed by atoms with Gasteiger partial charge in [-0.1, -0.05) is 23.7 Å². The molecule has 2 atom stereocenters. The molecule has 0 saturated carbocycles. The zero-order chi connectivity index (χ0) is 17.5. The molecule has 1 heterocycles. The molecule has 132 valence electrons. The Labute approximate surface area is 146 Å². The molecule has 0 radical (unpaired) electrons. The van der Waals surface area contributed by atoms with Crippen molar-refractivity contribution in [1.82, 2.24) is 4.90 Å². The van der Waals surface area contributed by atoms with Crippen molar-refractivity contribution in [2.75, 3.05) is 39.5 Å². The SMILES string of the molecule is CCOCCOCC(=O)N1C[C@@H](C(=O)O)[C@H](c2ccc(Cl)cc2)C1. The van der Waals surface area contributed by atoms with Crippen LogP contribution in [0.2, 0.25) is 5.02 Å². The number of nitrogens with zero attached hydrogens (tertiary/aromatic N) is 1. The number of hydrogen-bond acceptors (Lipinski definition) is 4. The second-order valence-corrected chi connectivity index (χ2v) is 6.09. The first-order valence-corrected chi connectivity index (χ1v) is 8.32. The second kappa shape index (κ2) is 9.01. The fourth-order valence-corrected chi connectivity index (χ4v) is 2.94. The van der Waals surface area contributed by atoms with Crippen LogP contribution in [-0.2, 0) is 19.1 Å². The van der Waals surface area contributed by atoms with Crippen molar-refractivity contribution in [2.45, 2.75) is 12.8 Å². The van der Waals surface area contributed by atoms with Crippen molar-refractivity contribution in [3.05, 3.63) is 34.9 Å². The topological polar surface area (TPSA) is 76.1 Å². The molecule has 1 saturated heterocycles. The molecule has 1 aliphatic rings. The van der Waals surface area contributed by atoms with Crippen molar-refractivity contribution in [2.24, 2.45) is 5.92 Å². The summed E-state index contributed by atoms with van der Waals surface area (Å²) >= 11 is 5.88. The van der Waals surface area contributed by atoms with Crippen molar-refractivity contribution in [3.8, 4) is 0 Å². The molecule has 7 heteroatoms. The first-order valence-electron chi connectivity index (χ1n) is 7.94. The highest BCUT2D eigenvalue weighted by Crippen LogP contribution is 2.33. The fourth-order valence-electron chi connectivity index (χ4n) is 2.82. The summed E-state index contributed by atoms with van der Waals surface area (Å²) in [5.41, 5.74) is 0.874. The standard InChI is InChI=1S/C17H22ClNO5/c1-2-23-7-8-24-11-16(20)19-9-14(15(10-19)17(21)22)12-3-5-13(18)6-4-12/h3-6,14-15H,2,7-11H2,1H3,(H,21,22)/t14-,15+/m0/s1. The predicted molar refractivity (Wildman–Crippen MR) is 89.2 cm³/mol. The zero-order valence-corrected chi connectivity index (χ0v) is 14.4. The Kier molecular flexibility index (Phi) is 7.02. The van der Waals surface area contributed by atoms with E-state index in [1.54, 1.807) is 17.0 Å². The third-order valence-electron chi connectivity index (χ3n) is 4.09. The highest BCUT2D eigenvalue weighted by Gasteiger charge is 2.40. The third kappa shape index (κ3) is 4.93. The van der Waals surface area contributed by atoms with E-state index in [1.165, 1.54) is 0 Å². The summed E-state index contributed by atoms with van der Waals surface area (Å²) in [6, 6.07) is 7.10. The maximum atomic E-state index is 12.2. The summed E-state index contributed by atoms with van der Waals surface area (Å²) in [7, 11) is 0. The van der Waals surface area contributed by atoms with Gasteiger partial charge in [-0.25, -0.2) is 0 Å². The van der Waals surface area contributed by atoms with Gasteiger partial charge in [0.1, 0.15) is 6.61 Å². The lowest BCUT2D eigenvalue weighted by Crippen LogP contribution is -2.33. The smallest absolute Gasteiger partial charge is 0.308 e. The largest absolute Gasteiger partial charge is 0.481 e. The van der Waals surface area contributed by atoms with Crippen LogP contribution in [0.4, 0.5) is 0 Å². The van der Waals surface area contributed by atoms with E-state index in [4.69, 9.17) is 21.1 Å². The van der Waals surface area contributed by atoms with Gasteiger partial charge in [0.2, 0.25) is 5.91 Å². The number of aliphatic carboxylic acids is 1. The molecule has 24 heavy (non-hydrogen) atoms. The van der Waals surface area contributed by atoms with E-state index in [1.807, 2.05) is 19.1 Å². The molecule has 1 aromatic rings. The molecule has 0 spiro atoms. The van der Waals surface area contributed by atoms with Crippen LogP contribution in [-0.4, -0.2) is 61.4 Å². The molecule has 6 nitrogen and oxygen atoms in total. The number of likely N-dealkylation sites (tertiary alicyclic amines) is 1. The molecule has 0 unspecified atom stereocenters. The van der Waals surface area contributed by atoms with Crippen LogP contribution in [0.15, 0.2) is 24.3 Å². The first-order chi connectivity index (χ1) is 11.5. The number of amides is 1. The molecule has 1 amide bonds. The van der Waals surface area contributed by atoms with E-state index in [-0.39, 0.29) is 25.0 Å². The van der Waals surface area contributed by atoms with Gasteiger partial charge in [-0.15, -0.1) is 0 Å². The van der Waals surface area contributed by atoms with E-state index >= 15 is 0 Å². The maximum Gasteiger partial charge on any atom is 0.308 e. The first kappa shape index (κ1) is 18.7. The number of carbonyl (C=O) groups excluding carboxylic acids is 1. The van der Waals surface area contributed by atoms with E-state index in [0.717, 1.165) is 5.56 Å². The van der Waals surface area contributed by atoms with Gasteiger partial charge < -0.3 is 19.5 Å². The second-order valence-electron chi connectivity index (χ2n) is 5.65. The summed E-state index contributed by atoms with van der Waals surface area (Å²) < 4.78 is 10.4. The van der Waals surface area contributed by atoms with Crippen LogP contribution in [0.25, 0.3) is 0 Å². The highest BCUT2D eigenvalue weighted by molar-refractivity contribution is 6.30. The quantitative estimate of drug-likeness (QED) is 0.722. The Balaban J connectivity index is 1.95. The molecule has 0 aromatic heterocycles. The highest BCUT2D eigenvalue weighted by atomic mass is 35.5. The maximum absolute atomic E-state index is 12.2. The monoisotopic (exact) mass is 355 g/mol. The summed E-state index contributed by atoms with van der Waals surface area (Å²) in [4.78, 5) is 25.3. The average Bonchev–Trinajstić information content (AvgIpc) is 3.01. The minimum absolute atomic E-state index is 0.0627. The molecule has 0 aliphatic carbocycles. The molecule has 1 aromatic carbocycles. The van der Waals surface area contributed by atoms with Gasteiger partial charge >= 0.3 is 5.97 Å². The number of rotatable bonds is 8. The van der Waals surface area contributed by atoms with Crippen LogP contribution in [0.5, 0.6) is 0 Å². The van der Waals surface area contributed by atoms with E-state index in [0.29, 0.717) is 31.4 Å². The van der Waals surface area contributed by atoms with Gasteiger partial charge in [0.25, 0.3) is 0 Å². The van der Waals surface area contributed by atoms with Crippen molar-refractivity contribution < 1.29 is 24.2 Å². The lowest BCUT2D eigenvalue weighted by molar-refractivity contribution is -0.142. The Bertz CT molecular complexity index is 563. The van der Waals surface area contributed by atoms with Gasteiger partial charge in [0.15, 0.2) is 0 Å². The van der Waals surface area contributed by atoms with Crippen molar-refractivity contribution in [3.63, 3.8) is 0 Å². The minimum Gasteiger partial charge on any atom is -0.481 e. The Morgan fingerprint density at radius 3 is 2.50 bits per heavy atom. The number of halogens is 1. The van der Waals surface area contributed by atoms with Crippen LogP contribution in [0.3, 0.4) is 0 Å². The van der Waals surface area contributed by atoms with Gasteiger partial charge in [0, 0.05) is 30.6 Å². The van der Waals surface area contributed by atoms with Crippen LogP contribution in [0, 0.1) is 5.92 Å². The third-order valence-corrected chi connectivity index (χ3v) is 4.34. The number of carboxylic acids is 1. The number of carbonyl (C=O) groups is 2. The van der Waals surface area contributed by atoms with Gasteiger partial charge in [0.05, 0.1) is 19.1 Å². The summed E-state index contributed by atoms with van der Waals surface area (Å²) in [5.74, 6) is -1.97. The lowest BCUT2D eigenvalue weighted by Gasteiger charge is -2.16.